The van der Waals surface area contributed by atoms with Crippen LogP contribution in [0.25, 0.3) is 6.08 Å². The molecule has 1 aromatic carbocycles. The van der Waals surface area contributed by atoms with Gasteiger partial charge in [0.25, 0.3) is 11.8 Å². The molecule has 0 atom stereocenters. The number of barbiturate groups is 1. The van der Waals surface area contributed by atoms with Crippen LogP contribution in [0.4, 0.5) is 10.5 Å². The molecule has 7 heteroatoms. The van der Waals surface area contributed by atoms with Crippen LogP contribution in [-0.4, -0.2) is 29.5 Å². The number of carbonyl (C=O) groups is 3. The third-order valence-corrected chi connectivity index (χ3v) is 4.23. The van der Waals surface area contributed by atoms with Gasteiger partial charge in [-0.15, -0.1) is 0 Å². The van der Waals surface area contributed by atoms with Crippen LogP contribution in [0.3, 0.4) is 0 Å². The van der Waals surface area contributed by atoms with Gasteiger partial charge in [-0.25, -0.2) is 9.69 Å². The fraction of sp³-hybridized carbons (Fsp3) is 0.250. The average molecular weight is 367 g/mol. The molecule has 1 N–H and O–H groups in total. The topological polar surface area (TPSA) is 80.6 Å². The Morgan fingerprint density at radius 1 is 1.04 bits per heavy atom. The summed E-state index contributed by atoms with van der Waals surface area (Å²) >= 11 is 0. The van der Waals surface area contributed by atoms with Gasteiger partial charge in [0.05, 0.1) is 12.8 Å². The highest BCUT2D eigenvalue weighted by Crippen LogP contribution is 2.25. The highest BCUT2D eigenvalue weighted by molar-refractivity contribution is 6.39. The van der Waals surface area contributed by atoms with Gasteiger partial charge in [0.1, 0.15) is 11.3 Å². The van der Waals surface area contributed by atoms with E-state index in [9.17, 15) is 14.4 Å². The van der Waals surface area contributed by atoms with Crippen LogP contribution in [0.2, 0.25) is 0 Å². The second kappa shape index (κ2) is 6.75. The number of rotatable bonds is 3. The number of nitrogens with one attached hydrogen (secondary N) is 1. The van der Waals surface area contributed by atoms with E-state index in [4.69, 9.17) is 4.74 Å². The zero-order valence-corrected chi connectivity index (χ0v) is 15.6. The molecule has 0 saturated carbocycles. The van der Waals surface area contributed by atoms with Gasteiger partial charge in [0, 0.05) is 17.4 Å². The van der Waals surface area contributed by atoms with Crippen LogP contribution in [-0.2, 0) is 15.1 Å². The van der Waals surface area contributed by atoms with Gasteiger partial charge in [0.2, 0.25) is 0 Å². The van der Waals surface area contributed by atoms with Crippen molar-refractivity contribution in [1.82, 2.24) is 9.88 Å². The Morgan fingerprint density at radius 3 is 2.30 bits per heavy atom. The summed E-state index contributed by atoms with van der Waals surface area (Å²) in [6, 6.07) is 9.32. The molecule has 1 aromatic heterocycles. The van der Waals surface area contributed by atoms with E-state index in [0.29, 0.717) is 17.1 Å². The lowest BCUT2D eigenvalue weighted by Gasteiger charge is -2.27. The predicted octanol–water partition coefficient (Wildman–Crippen LogP) is 2.92. The second-order valence-electron chi connectivity index (χ2n) is 7.13. The summed E-state index contributed by atoms with van der Waals surface area (Å²) in [5.74, 6) is -0.787. The number of ether oxygens (including phenoxy) is 1. The molecule has 27 heavy (non-hydrogen) atoms. The standard InChI is InChI=1S/C20H21N3O4/c1-20(2,3)22-11-5-6-14(22)12-16-17(24)21-19(26)23(18(16)25)13-7-9-15(27-4)10-8-13/h5-12H,1-4H3,(H,21,24,26)/b16-12-. The Hall–Kier alpha value is -3.35. The molecular formula is C20H21N3O4. The van der Waals surface area contributed by atoms with Gasteiger partial charge in [-0.1, -0.05) is 0 Å². The molecule has 1 aliphatic heterocycles. The molecule has 0 radical (unpaired) electrons. The van der Waals surface area contributed by atoms with Crippen LogP contribution in [0.5, 0.6) is 5.75 Å². The van der Waals surface area contributed by atoms with Crippen LogP contribution in [0, 0.1) is 0 Å². The first-order valence-electron chi connectivity index (χ1n) is 8.46. The first kappa shape index (κ1) is 18.4. The second-order valence-corrected chi connectivity index (χ2v) is 7.13. The van der Waals surface area contributed by atoms with Crippen molar-refractivity contribution in [3.63, 3.8) is 0 Å². The number of aromatic nitrogens is 1. The van der Waals surface area contributed by atoms with Crippen molar-refractivity contribution in [2.24, 2.45) is 0 Å². The Balaban J connectivity index is 2.01. The lowest BCUT2D eigenvalue weighted by Crippen LogP contribution is -2.54. The zero-order chi connectivity index (χ0) is 19.8. The monoisotopic (exact) mass is 367 g/mol. The first-order valence-corrected chi connectivity index (χ1v) is 8.46. The van der Waals surface area contributed by atoms with Gasteiger partial charge < -0.3 is 9.30 Å². The normalized spacial score (nSPS) is 16.7. The number of amides is 4. The molecule has 2 heterocycles. The molecule has 0 aliphatic carbocycles. The largest absolute Gasteiger partial charge is 0.497 e. The molecular weight excluding hydrogens is 346 g/mol. The molecule has 0 unspecified atom stereocenters. The Morgan fingerprint density at radius 2 is 1.70 bits per heavy atom. The van der Waals surface area contributed by atoms with E-state index in [-0.39, 0.29) is 11.1 Å². The maximum atomic E-state index is 12.9. The summed E-state index contributed by atoms with van der Waals surface area (Å²) < 4.78 is 7.04. The van der Waals surface area contributed by atoms with Crippen LogP contribution >= 0.6 is 0 Å². The Labute approximate surface area is 157 Å². The number of urea groups is 1. The third-order valence-electron chi connectivity index (χ3n) is 4.23. The van der Waals surface area contributed by atoms with Crippen molar-refractivity contribution >= 4 is 29.6 Å². The lowest BCUT2D eigenvalue weighted by atomic mass is 10.1. The summed E-state index contributed by atoms with van der Waals surface area (Å²) in [5.41, 5.74) is 0.720. The third kappa shape index (κ3) is 3.48. The minimum absolute atomic E-state index is 0.102. The van der Waals surface area contributed by atoms with Gasteiger partial charge in [0.15, 0.2) is 0 Å². The Kier molecular flexibility index (Phi) is 4.61. The van der Waals surface area contributed by atoms with Gasteiger partial charge in [-0.05, 0) is 63.2 Å². The van der Waals surface area contributed by atoms with E-state index >= 15 is 0 Å². The summed E-state index contributed by atoms with van der Waals surface area (Å²) in [6.07, 6.45) is 3.38. The molecule has 1 saturated heterocycles. The number of anilines is 1. The highest BCUT2D eigenvalue weighted by atomic mass is 16.5. The minimum Gasteiger partial charge on any atom is -0.497 e. The van der Waals surface area contributed by atoms with Crippen molar-refractivity contribution in [2.45, 2.75) is 26.3 Å². The van der Waals surface area contributed by atoms with Crippen LogP contribution < -0.4 is 15.0 Å². The number of nitrogens with zero attached hydrogens (tertiary/aromatic N) is 2. The molecule has 1 aliphatic rings. The molecule has 4 amide bonds. The van der Waals surface area contributed by atoms with Crippen molar-refractivity contribution < 1.29 is 19.1 Å². The van der Waals surface area contributed by atoms with Gasteiger partial charge >= 0.3 is 6.03 Å². The SMILES string of the molecule is COc1ccc(N2C(=O)NC(=O)/C(=C/c3cccn3C(C)(C)C)C2=O)cc1. The smallest absolute Gasteiger partial charge is 0.335 e. The van der Waals surface area contributed by atoms with Crippen LogP contribution in [0.15, 0.2) is 48.2 Å². The maximum absolute atomic E-state index is 12.9. The highest BCUT2D eigenvalue weighted by Gasteiger charge is 2.37. The molecule has 1 fully saturated rings. The number of imide groups is 2. The maximum Gasteiger partial charge on any atom is 0.335 e. The van der Waals surface area contributed by atoms with E-state index in [1.165, 1.54) is 13.2 Å². The number of benzene rings is 1. The summed E-state index contributed by atoms with van der Waals surface area (Å²) in [5, 5.41) is 2.23. The van der Waals surface area contributed by atoms with Gasteiger partial charge in [-0.2, -0.15) is 0 Å². The zero-order valence-electron chi connectivity index (χ0n) is 15.6. The minimum atomic E-state index is -0.779. The van der Waals surface area contributed by atoms with E-state index in [1.54, 1.807) is 24.3 Å². The molecule has 2 aromatic rings. The molecule has 7 nitrogen and oxygen atoms in total. The lowest BCUT2D eigenvalue weighted by molar-refractivity contribution is -0.122. The number of hydrogen-bond donors (Lipinski definition) is 1. The fourth-order valence-electron chi connectivity index (χ4n) is 2.89. The van der Waals surface area contributed by atoms with E-state index in [1.807, 2.05) is 43.7 Å². The average Bonchev–Trinajstić information content (AvgIpc) is 3.08. The van der Waals surface area contributed by atoms with Crippen molar-refractivity contribution in [3.05, 3.63) is 53.9 Å². The number of methoxy groups -OCH3 is 1. The number of hydrogen-bond acceptors (Lipinski definition) is 4. The van der Waals surface area contributed by atoms with Gasteiger partial charge in [-0.3, -0.25) is 14.9 Å². The summed E-state index contributed by atoms with van der Waals surface area (Å²) in [7, 11) is 1.53. The van der Waals surface area contributed by atoms with E-state index in [0.717, 1.165) is 4.90 Å². The Bertz CT molecular complexity index is 933. The first-order chi connectivity index (χ1) is 12.7. The molecule has 0 bridgehead atoms. The quantitative estimate of drug-likeness (QED) is 0.668. The van der Waals surface area contributed by atoms with Crippen LogP contribution in [0.1, 0.15) is 26.5 Å². The van der Waals surface area contributed by atoms with Crippen molar-refractivity contribution in [3.8, 4) is 5.75 Å². The molecule has 3 rings (SSSR count). The fourth-order valence-corrected chi connectivity index (χ4v) is 2.89. The summed E-state index contributed by atoms with van der Waals surface area (Å²) in [4.78, 5) is 38.4. The van der Waals surface area contributed by atoms with E-state index in [2.05, 4.69) is 5.32 Å². The molecule has 140 valence electrons. The van der Waals surface area contributed by atoms with Crippen molar-refractivity contribution in [2.75, 3.05) is 12.0 Å². The van der Waals surface area contributed by atoms with Crippen molar-refractivity contribution in [1.29, 1.82) is 0 Å². The number of carbonyl (C=O) groups excluding carboxylic acids is 3. The van der Waals surface area contributed by atoms with E-state index < -0.39 is 17.8 Å². The predicted molar refractivity (Wildman–Crippen MR) is 101 cm³/mol. The summed E-state index contributed by atoms with van der Waals surface area (Å²) in [6.45, 7) is 6.06. The molecule has 0 spiro atoms.